The van der Waals surface area contributed by atoms with Crippen molar-refractivity contribution < 1.29 is 18.9 Å². The molecule has 0 unspecified atom stereocenters. The van der Waals surface area contributed by atoms with E-state index in [4.69, 9.17) is 18.9 Å². The van der Waals surface area contributed by atoms with Gasteiger partial charge in [0.15, 0.2) is 0 Å². The molecule has 0 saturated heterocycles. The van der Waals surface area contributed by atoms with Gasteiger partial charge in [-0.1, -0.05) is 129 Å². The van der Waals surface area contributed by atoms with Crippen LogP contribution in [-0.4, -0.2) is 26.4 Å². The number of hydrogen-bond donors (Lipinski definition) is 0. The van der Waals surface area contributed by atoms with Crippen molar-refractivity contribution in [1.29, 1.82) is 0 Å². The fourth-order valence-corrected chi connectivity index (χ4v) is 5.55. The monoisotopic (exact) mass is 578 g/mol. The molecule has 3 aromatic carbocycles. The van der Waals surface area contributed by atoms with Crippen molar-refractivity contribution in [2.24, 2.45) is 0 Å². The zero-order chi connectivity index (χ0) is 29.8. The molecule has 0 atom stereocenters. The average molecular weight is 579 g/mol. The van der Waals surface area contributed by atoms with E-state index in [9.17, 15) is 0 Å². The van der Waals surface area contributed by atoms with E-state index in [1.165, 1.54) is 77.0 Å². The average Bonchev–Trinajstić information content (AvgIpc) is 3.01. The van der Waals surface area contributed by atoms with Crippen molar-refractivity contribution in [2.45, 2.75) is 130 Å². The first kappa shape index (κ1) is 33.9. The highest BCUT2D eigenvalue weighted by atomic mass is 16.5. The fourth-order valence-electron chi connectivity index (χ4n) is 5.55. The van der Waals surface area contributed by atoms with Gasteiger partial charge in [-0.2, -0.15) is 0 Å². The standard InChI is InChI=1S/C38H58O4/c1-5-9-13-17-27-39-33-25-21-23-31-35(33)38(42-30-20-16-12-8-4)36-32(37(31)41-29-19-15-11-7-3)24-22-26-34(36)40-28-18-14-10-6-2/h21-26H,5-20,27-30H2,1-4H3. The molecule has 3 aromatic rings. The van der Waals surface area contributed by atoms with Crippen molar-refractivity contribution in [3.63, 3.8) is 0 Å². The van der Waals surface area contributed by atoms with Gasteiger partial charge in [-0.3, -0.25) is 0 Å². The lowest BCUT2D eigenvalue weighted by atomic mass is 9.98. The lowest BCUT2D eigenvalue weighted by Gasteiger charge is -2.22. The third kappa shape index (κ3) is 10.3. The van der Waals surface area contributed by atoms with E-state index in [2.05, 4.69) is 64.1 Å². The van der Waals surface area contributed by atoms with Gasteiger partial charge in [0.05, 0.1) is 37.2 Å². The molecule has 3 rings (SSSR count). The highest BCUT2D eigenvalue weighted by Gasteiger charge is 2.22. The summed E-state index contributed by atoms with van der Waals surface area (Å²) in [5, 5.41) is 4.16. The van der Waals surface area contributed by atoms with E-state index in [0.717, 1.165) is 70.2 Å². The van der Waals surface area contributed by atoms with Crippen molar-refractivity contribution >= 4 is 21.5 Å². The molecular weight excluding hydrogens is 520 g/mol. The number of benzene rings is 3. The minimum absolute atomic E-state index is 0.678. The van der Waals surface area contributed by atoms with Crippen LogP contribution in [0.5, 0.6) is 23.0 Å². The Hall–Kier alpha value is -2.62. The van der Waals surface area contributed by atoms with Crippen molar-refractivity contribution in [2.75, 3.05) is 26.4 Å². The van der Waals surface area contributed by atoms with Crippen LogP contribution >= 0.6 is 0 Å². The summed E-state index contributed by atoms with van der Waals surface area (Å²) in [6.45, 7) is 11.8. The Balaban J connectivity index is 2.09. The summed E-state index contributed by atoms with van der Waals surface area (Å²) in [6.07, 6.45) is 18.7. The molecule has 0 amide bonds. The van der Waals surface area contributed by atoms with Crippen LogP contribution in [0.15, 0.2) is 36.4 Å². The Morgan fingerprint density at radius 2 is 0.738 bits per heavy atom. The summed E-state index contributed by atoms with van der Waals surface area (Å²) in [7, 11) is 0. The van der Waals surface area contributed by atoms with Crippen molar-refractivity contribution in [1.82, 2.24) is 0 Å². The van der Waals surface area contributed by atoms with Gasteiger partial charge in [0.2, 0.25) is 0 Å². The maximum atomic E-state index is 6.75. The highest BCUT2D eigenvalue weighted by molar-refractivity contribution is 6.15. The van der Waals surface area contributed by atoms with Crippen molar-refractivity contribution in [3.8, 4) is 23.0 Å². The summed E-state index contributed by atoms with van der Waals surface area (Å²) < 4.78 is 26.4. The number of unbranched alkanes of at least 4 members (excludes halogenated alkanes) is 12. The molecule has 4 heteroatoms. The molecule has 0 heterocycles. The lowest BCUT2D eigenvalue weighted by molar-refractivity contribution is 0.293. The Kier molecular flexibility index (Phi) is 16.4. The Labute approximate surface area is 256 Å². The molecular formula is C38H58O4. The lowest BCUT2D eigenvalue weighted by Crippen LogP contribution is -2.06. The van der Waals surface area contributed by atoms with E-state index in [0.29, 0.717) is 26.4 Å². The summed E-state index contributed by atoms with van der Waals surface area (Å²) in [4.78, 5) is 0. The number of hydrogen-bond acceptors (Lipinski definition) is 4. The Morgan fingerprint density at radius 1 is 0.381 bits per heavy atom. The van der Waals surface area contributed by atoms with Gasteiger partial charge in [0.25, 0.3) is 0 Å². The SMILES string of the molecule is CCCCCCOc1c2cccc(OCCCCCC)c2c(OCCCCCC)c2c(OCCCCCC)cccc12. The quantitative estimate of drug-likeness (QED) is 0.0782. The van der Waals surface area contributed by atoms with Crippen LogP contribution in [0.3, 0.4) is 0 Å². The molecule has 42 heavy (non-hydrogen) atoms. The molecule has 0 aromatic heterocycles. The predicted molar refractivity (Wildman–Crippen MR) is 180 cm³/mol. The van der Waals surface area contributed by atoms with Crippen LogP contribution < -0.4 is 18.9 Å². The normalized spacial score (nSPS) is 11.3. The molecule has 0 bridgehead atoms. The number of fused-ring (bicyclic) bond motifs is 2. The van der Waals surface area contributed by atoms with Crippen LogP contribution in [0.1, 0.15) is 130 Å². The Bertz CT molecular complexity index is 1080. The summed E-state index contributed by atoms with van der Waals surface area (Å²) >= 11 is 0. The molecule has 0 saturated carbocycles. The molecule has 0 aliphatic carbocycles. The first-order chi connectivity index (χ1) is 20.8. The summed E-state index contributed by atoms with van der Waals surface area (Å²) in [6, 6.07) is 12.7. The van der Waals surface area contributed by atoms with Crippen LogP contribution in [0.2, 0.25) is 0 Å². The third-order valence-electron chi connectivity index (χ3n) is 8.00. The van der Waals surface area contributed by atoms with Crippen LogP contribution in [0, 0.1) is 0 Å². The van der Waals surface area contributed by atoms with Gasteiger partial charge < -0.3 is 18.9 Å². The van der Waals surface area contributed by atoms with E-state index in [1.807, 2.05) is 0 Å². The molecule has 234 valence electrons. The van der Waals surface area contributed by atoms with Crippen molar-refractivity contribution in [3.05, 3.63) is 36.4 Å². The summed E-state index contributed by atoms with van der Waals surface area (Å²) in [5.74, 6) is 3.55. The first-order valence-corrected chi connectivity index (χ1v) is 17.3. The van der Waals surface area contributed by atoms with E-state index in [1.54, 1.807) is 0 Å². The number of rotatable bonds is 24. The van der Waals surface area contributed by atoms with Crippen LogP contribution in [-0.2, 0) is 0 Å². The van der Waals surface area contributed by atoms with E-state index in [-0.39, 0.29) is 0 Å². The maximum Gasteiger partial charge on any atom is 0.142 e. The van der Waals surface area contributed by atoms with Gasteiger partial charge in [-0.25, -0.2) is 0 Å². The maximum absolute atomic E-state index is 6.75. The minimum atomic E-state index is 0.678. The topological polar surface area (TPSA) is 36.9 Å². The van der Waals surface area contributed by atoms with E-state index >= 15 is 0 Å². The van der Waals surface area contributed by atoms with Gasteiger partial charge >= 0.3 is 0 Å². The molecule has 0 fully saturated rings. The first-order valence-electron chi connectivity index (χ1n) is 17.3. The molecule has 4 nitrogen and oxygen atoms in total. The van der Waals surface area contributed by atoms with Gasteiger partial charge in [0, 0.05) is 10.8 Å². The van der Waals surface area contributed by atoms with Crippen LogP contribution in [0.4, 0.5) is 0 Å². The highest BCUT2D eigenvalue weighted by Crippen LogP contribution is 2.49. The third-order valence-corrected chi connectivity index (χ3v) is 8.00. The molecule has 0 aliphatic heterocycles. The zero-order valence-corrected chi connectivity index (χ0v) is 27.2. The minimum Gasteiger partial charge on any atom is -0.493 e. The summed E-state index contributed by atoms with van der Waals surface area (Å²) in [5.41, 5.74) is 0. The van der Waals surface area contributed by atoms with Gasteiger partial charge in [-0.15, -0.1) is 0 Å². The largest absolute Gasteiger partial charge is 0.493 e. The molecule has 0 aliphatic rings. The number of ether oxygens (including phenoxy) is 4. The zero-order valence-electron chi connectivity index (χ0n) is 27.2. The molecule has 0 spiro atoms. The molecule has 0 N–H and O–H groups in total. The van der Waals surface area contributed by atoms with E-state index < -0.39 is 0 Å². The smallest absolute Gasteiger partial charge is 0.142 e. The molecule has 0 radical (unpaired) electrons. The second-order valence-corrected chi connectivity index (χ2v) is 11.7. The second-order valence-electron chi connectivity index (χ2n) is 11.7. The fraction of sp³-hybridized carbons (Fsp3) is 0.632. The predicted octanol–water partition coefficient (Wildman–Crippen LogP) is 11.8. The second kappa shape index (κ2) is 20.3. The Morgan fingerprint density at radius 3 is 1.12 bits per heavy atom. The van der Waals surface area contributed by atoms with Gasteiger partial charge in [0.1, 0.15) is 23.0 Å². The van der Waals surface area contributed by atoms with Gasteiger partial charge in [-0.05, 0) is 37.8 Å². The van der Waals surface area contributed by atoms with Crippen LogP contribution in [0.25, 0.3) is 21.5 Å².